The first-order valence-corrected chi connectivity index (χ1v) is 6.71. The summed E-state index contributed by atoms with van der Waals surface area (Å²) in [5.74, 6) is 1.01. The summed E-state index contributed by atoms with van der Waals surface area (Å²) in [4.78, 5) is 11.8. The van der Waals surface area contributed by atoms with Crippen molar-refractivity contribution in [3.05, 3.63) is 41.7 Å². The van der Waals surface area contributed by atoms with Gasteiger partial charge in [-0.2, -0.15) is 5.10 Å². The Kier molecular flexibility index (Phi) is 3.47. The third kappa shape index (κ3) is 2.55. The fraction of sp³-hybridized carbons (Fsp3) is 0.357. The summed E-state index contributed by atoms with van der Waals surface area (Å²) < 4.78 is 1.82. The molecule has 0 aromatic carbocycles. The average molecular weight is 270 g/mol. The van der Waals surface area contributed by atoms with Crippen LogP contribution in [-0.4, -0.2) is 31.3 Å². The molecule has 6 nitrogen and oxygen atoms in total. The SMILES string of the molecule is Cc1nn(C)c2ncc(CNCCc3ncc[nH]3)cc12. The number of hydrogen-bond donors (Lipinski definition) is 2. The van der Waals surface area contributed by atoms with E-state index in [2.05, 4.69) is 31.4 Å². The topological polar surface area (TPSA) is 71.4 Å². The number of imidazole rings is 1. The van der Waals surface area contributed by atoms with Gasteiger partial charge >= 0.3 is 0 Å². The molecule has 3 aromatic heterocycles. The van der Waals surface area contributed by atoms with Crippen molar-refractivity contribution in [3.63, 3.8) is 0 Å². The minimum absolute atomic E-state index is 0.804. The van der Waals surface area contributed by atoms with E-state index in [1.807, 2.05) is 31.0 Å². The minimum Gasteiger partial charge on any atom is -0.349 e. The van der Waals surface area contributed by atoms with Gasteiger partial charge in [0.2, 0.25) is 0 Å². The van der Waals surface area contributed by atoms with E-state index in [4.69, 9.17) is 0 Å². The molecule has 20 heavy (non-hydrogen) atoms. The summed E-state index contributed by atoms with van der Waals surface area (Å²) in [5, 5.41) is 8.91. The van der Waals surface area contributed by atoms with Crippen molar-refractivity contribution in [2.45, 2.75) is 19.9 Å². The Hall–Kier alpha value is -2.21. The molecule has 0 aliphatic heterocycles. The summed E-state index contributed by atoms with van der Waals surface area (Å²) in [6.45, 7) is 3.70. The van der Waals surface area contributed by atoms with Crippen molar-refractivity contribution < 1.29 is 0 Å². The second-order valence-electron chi connectivity index (χ2n) is 4.89. The number of nitrogens with zero attached hydrogens (tertiary/aromatic N) is 4. The zero-order chi connectivity index (χ0) is 13.9. The molecule has 6 heteroatoms. The number of aromatic amines is 1. The fourth-order valence-electron chi connectivity index (χ4n) is 2.32. The van der Waals surface area contributed by atoms with Gasteiger partial charge in [-0.1, -0.05) is 0 Å². The van der Waals surface area contributed by atoms with Crippen molar-refractivity contribution in [2.24, 2.45) is 7.05 Å². The van der Waals surface area contributed by atoms with E-state index in [1.165, 1.54) is 5.56 Å². The third-order valence-electron chi connectivity index (χ3n) is 3.34. The van der Waals surface area contributed by atoms with Crippen LogP contribution in [0.2, 0.25) is 0 Å². The molecule has 3 heterocycles. The molecule has 0 bridgehead atoms. The van der Waals surface area contributed by atoms with Crippen LogP contribution in [0, 0.1) is 6.92 Å². The number of hydrogen-bond acceptors (Lipinski definition) is 4. The van der Waals surface area contributed by atoms with E-state index in [9.17, 15) is 0 Å². The lowest BCUT2D eigenvalue weighted by molar-refractivity contribution is 0.673. The van der Waals surface area contributed by atoms with Crippen molar-refractivity contribution in [2.75, 3.05) is 6.54 Å². The maximum Gasteiger partial charge on any atom is 0.157 e. The van der Waals surface area contributed by atoms with E-state index in [0.717, 1.165) is 42.1 Å². The summed E-state index contributed by atoms with van der Waals surface area (Å²) in [7, 11) is 1.92. The molecule has 0 unspecified atom stereocenters. The van der Waals surface area contributed by atoms with Gasteiger partial charge in [0.15, 0.2) is 5.65 Å². The smallest absolute Gasteiger partial charge is 0.157 e. The highest BCUT2D eigenvalue weighted by molar-refractivity contribution is 5.78. The van der Waals surface area contributed by atoms with Gasteiger partial charge in [0.05, 0.1) is 5.69 Å². The lowest BCUT2D eigenvalue weighted by atomic mass is 10.2. The van der Waals surface area contributed by atoms with Gasteiger partial charge in [-0.25, -0.2) is 9.97 Å². The molecule has 3 rings (SSSR count). The van der Waals surface area contributed by atoms with Crippen LogP contribution < -0.4 is 5.32 Å². The first-order valence-electron chi connectivity index (χ1n) is 6.71. The normalized spacial score (nSPS) is 11.3. The predicted octanol–water partition coefficient (Wildman–Crippen LogP) is 1.33. The molecule has 0 saturated heterocycles. The number of pyridine rings is 1. The maximum atomic E-state index is 4.47. The molecular formula is C14H18N6. The molecule has 0 fully saturated rings. The standard InChI is InChI=1S/C14H18N6/c1-10-12-7-11(9-18-14(12)20(2)19-10)8-15-4-3-13-16-5-6-17-13/h5-7,9,15H,3-4,8H2,1-2H3,(H,16,17). The molecule has 0 atom stereocenters. The molecule has 2 N–H and O–H groups in total. The number of fused-ring (bicyclic) bond motifs is 1. The average Bonchev–Trinajstić information content (AvgIpc) is 3.05. The van der Waals surface area contributed by atoms with Crippen LogP contribution in [0.15, 0.2) is 24.7 Å². The van der Waals surface area contributed by atoms with Gasteiger partial charge in [0.25, 0.3) is 0 Å². The first-order chi connectivity index (χ1) is 9.74. The van der Waals surface area contributed by atoms with Crippen molar-refractivity contribution in [3.8, 4) is 0 Å². The number of aromatic nitrogens is 5. The van der Waals surface area contributed by atoms with E-state index in [1.54, 1.807) is 6.20 Å². The zero-order valence-electron chi connectivity index (χ0n) is 11.7. The Balaban J connectivity index is 1.61. The monoisotopic (exact) mass is 270 g/mol. The summed E-state index contributed by atoms with van der Waals surface area (Å²) in [6.07, 6.45) is 6.43. The lowest BCUT2D eigenvalue weighted by Gasteiger charge is -2.04. The number of rotatable bonds is 5. The Morgan fingerprint density at radius 2 is 2.25 bits per heavy atom. The zero-order valence-corrected chi connectivity index (χ0v) is 11.7. The number of nitrogens with one attached hydrogen (secondary N) is 2. The summed E-state index contributed by atoms with van der Waals surface area (Å²) >= 11 is 0. The van der Waals surface area contributed by atoms with Gasteiger partial charge < -0.3 is 10.3 Å². The second-order valence-corrected chi connectivity index (χ2v) is 4.89. The molecule has 0 aliphatic rings. The minimum atomic E-state index is 0.804. The summed E-state index contributed by atoms with van der Waals surface area (Å²) in [6, 6.07) is 2.16. The highest BCUT2D eigenvalue weighted by Crippen LogP contribution is 2.16. The van der Waals surface area contributed by atoms with Crippen molar-refractivity contribution in [1.82, 2.24) is 30.0 Å². The van der Waals surface area contributed by atoms with Crippen LogP contribution in [0.3, 0.4) is 0 Å². The van der Waals surface area contributed by atoms with Crippen LogP contribution >= 0.6 is 0 Å². The van der Waals surface area contributed by atoms with E-state index >= 15 is 0 Å². The molecule has 0 aliphatic carbocycles. The quantitative estimate of drug-likeness (QED) is 0.686. The van der Waals surface area contributed by atoms with Crippen molar-refractivity contribution in [1.29, 1.82) is 0 Å². The van der Waals surface area contributed by atoms with Crippen LogP contribution in [0.5, 0.6) is 0 Å². The Morgan fingerprint density at radius 1 is 1.35 bits per heavy atom. The van der Waals surface area contributed by atoms with Crippen LogP contribution in [0.4, 0.5) is 0 Å². The fourth-order valence-corrected chi connectivity index (χ4v) is 2.32. The van der Waals surface area contributed by atoms with Crippen LogP contribution in [-0.2, 0) is 20.0 Å². The number of H-pyrrole nitrogens is 1. The van der Waals surface area contributed by atoms with Crippen molar-refractivity contribution >= 4 is 11.0 Å². The van der Waals surface area contributed by atoms with Crippen LogP contribution in [0.1, 0.15) is 17.1 Å². The first kappa shape index (κ1) is 12.8. The summed E-state index contributed by atoms with van der Waals surface area (Å²) in [5.41, 5.74) is 3.13. The molecule has 3 aromatic rings. The Morgan fingerprint density at radius 3 is 3.05 bits per heavy atom. The number of aryl methyl sites for hydroxylation is 2. The van der Waals surface area contributed by atoms with Gasteiger partial charge in [-0.3, -0.25) is 4.68 Å². The maximum absolute atomic E-state index is 4.47. The van der Waals surface area contributed by atoms with E-state index < -0.39 is 0 Å². The molecule has 104 valence electrons. The molecule has 0 saturated carbocycles. The van der Waals surface area contributed by atoms with Crippen LogP contribution in [0.25, 0.3) is 11.0 Å². The molecule has 0 spiro atoms. The highest BCUT2D eigenvalue weighted by Gasteiger charge is 2.06. The molecule has 0 radical (unpaired) electrons. The lowest BCUT2D eigenvalue weighted by Crippen LogP contribution is -2.17. The third-order valence-corrected chi connectivity index (χ3v) is 3.34. The second kappa shape index (κ2) is 5.42. The van der Waals surface area contributed by atoms with E-state index in [0.29, 0.717) is 0 Å². The highest BCUT2D eigenvalue weighted by atomic mass is 15.3. The van der Waals surface area contributed by atoms with Gasteiger partial charge in [0.1, 0.15) is 5.82 Å². The molecular weight excluding hydrogens is 252 g/mol. The predicted molar refractivity (Wildman–Crippen MR) is 77.2 cm³/mol. The van der Waals surface area contributed by atoms with E-state index in [-0.39, 0.29) is 0 Å². The Bertz CT molecular complexity index is 698. The van der Waals surface area contributed by atoms with Gasteiger partial charge in [-0.05, 0) is 18.6 Å². The largest absolute Gasteiger partial charge is 0.349 e. The van der Waals surface area contributed by atoms with Gasteiger partial charge in [0, 0.05) is 50.5 Å². The Labute approximate surface area is 117 Å². The van der Waals surface area contributed by atoms with Gasteiger partial charge in [-0.15, -0.1) is 0 Å². The molecule has 0 amide bonds.